The third kappa shape index (κ3) is 3.46. The van der Waals surface area contributed by atoms with E-state index in [-0.39, 0.29) is 5.91 Å². The van der Waals surface area contributed by atoms with Crippen LogP contribution in [0.3, 0.4) is 0 Å². The van der Waals surface area contributed by atoms with Gasteiger partial charge in [0, 0.05) is 11.6 Å². The third-order valence-corrected chi connectivity index (χ3v) is 4.87. The van der Waals surface area contributed by atoms with E-state index in [0.29, 0.717) is 23.4 Å². The van der Waals surface area contributed by atoms with Crippen LogP contribution in [0, 0.1) is 6.92 Å². The number of aromatic nitrogens is 3. The van der Waals surface area contributed by atoms with Gasteiger partial charge in [0.2, 0.25) is 0 Å². The molecule has 4 rings (SSSR count). The molecule has 6 nitrogen and oxygen atoms in total. The maximum Gasteiger partial charge on any atom is 0.276 e. The Hall–Kier alpha value is -2.54. The molecule has 25 heavy (non-hydrogen) atoms. The summed E-state index contributed by atoms with van der Waals surface area (Å²) < 4.78 is 6.47. The van der Waals surface area contributed by atoms with Crippen molar-refractivity contribution in [3.63, 3.8) is 0 Å². The van der Waals surface area contributed by atoms with E-state index in [1.165, 1.54) is 11.3 Å². The van der Waals surface area contributed by atoms with Crippen LogP contribution in [0.15, 0.2) is 24.3 Å². The lowest BCUT2D eigenvalue weighted by molar-refractivity contribution is 0.102. The van der Waals surface area contributed by atoms with E-state index in [9.17, 15) is 4.79 Å². The molecule has 0 aliphatic heterocycles. The van der Waals surface area contributed by atoms with E-state index in [4.69, 9.17) is 4.74 Å². The van der Waals surface area contributed by atoms with Gasteiger partial charge in [-0.25, -0.2) is 15.0 Å². The fraction of sp³-hybridized carbons (Fsp3) is 0.333. The van der Waals surface area contributed by atoms with Crippen molar-refractivity contribution in [1.82, 2.24) is 15.0 Å². The Morgan fingerprint density at radius 3 is 2.88 bits per heavy atom. The van der Waals surface area contributed by atoms with E-state index in [1.54, 1.807) is 6.07 Å². The van der Waals surface area contributed by atoms with Crippen LogP contribution in [0.2, 0.25) is 0 Å². The lowest BCUT2D eigenvalue weighted by atomic mass is 10.3. The standard InChI is InChI=1S/C18H18N4O2S/c1-3-24-12-6-7-13-15(9-12)25-18(21-13)22-17(23)14-8-10(2)19-16(20-14)11-4-5-11/h6-9,11H,3-5H2,1-2H3,(H,21,22,23). The Labute approximate surface area is 149 Å². The molecule has 1 aliphatic carbocycles. The topological polar surface area (TPSA) is 77.0 Å². The molecule has 2 aromatic heterocycles. The second-order valence-electron chi connectivity index (χ2n) is 6.06. The van der Waals surface area contributed by atoms with E-state index in [1.807, 2.05) is 32.0 Å². The monoisotopic (exact) mass is 354 g/mol. The number of ether oxygens (including phenoxy) is 1. The number of anilines is 1. The van der Waals surface area contributed by atoms with Gasteiger partial charge in [-0.1, -0.05) is 11.3 Å². The van der Waals surface area contributed by atoms with Crippen molar-refractivity contribution in [3.8, 4) is 5.75 Å². The smallest absolute Gasteiger partial charge is 0.276 e. The Morgan fingerprint density at radius 2 is 2.12 bits per heavy atom. The molecule has 1 fully saturated rings. The molecule has 2 heterocycles. The van der Waals surface area contributed by atoms with Crippen molar-refractivity contribution in [2.24, 2.45) is 0 Å². The van der Waals surface area contributed by atoms with Gasteiger partial charge in [0.05, 0.1) is 16.8 Å². The summed E-state index contributed by atoms with van der Waals surface area (Å²) in [6.45, 7) is 4.45. The van der Waals surface area contributed by atoms with Crippen LogP contribution in [0.5, 0.6) is 5.75 Å². The van der Waals surface area contributed by atoms with Gasteiger partial charge in [0.25, 0.3) is 5.91 Å². The van der Waals surface area contributed by atoms with Crippen molar-refractivity contribution < 1.29 is 9.53 Å². The lowest BCUT2D eigenvalue weighted by Crippen LogP contribution is -2.15. The predicted octanol–water partition coefficient (Wildman–Crippen LogP) is 3.92. The first kappa shape index (κ1) is 16.0. The lowest BCUT2D eigenvalue weighted by Gasteiger charge is -2.04. The summed E-state index contributed by atoms with van der Waals surface area (Å²) in [4.78, 5) is 25.9. The number of carbonyl (C=O) groups excluding carboxylic acids is 1. The molecule has 0 radical (unpaired) electrons. The number of nitrogens with one attached hydrogen (secondary N) is 1. The second-order valence-corrected chi connectivity index (χ2v) is 7.09. The summed E-state index contributed by atoms with van der Waals surface area (Å²) in [6, 6.07) is 7.42. The van der Waals surface area contributed by atoms with Crippen molar-refractivity contribution in [3.05, 3.63) is 41.5 Å². The highest BCUT2D eigenvalue weighted by Crippen LogP contribution is 2.38. The SMILES string of the molecule is CCOc1ccc2nc(NC(=O)c3cc(C)nc(C4CC4)n3)sc2c1. The number of benzene rings is 1. The van der Waals surface area contributed by atoms with Crippen molar-refractivity contribution in [1.29, 1.82) is 0 Å². The Morgan fingerprint density at radius 1 is 1.28 bits per heavy atom. The fourth-order valence-corrected chi connectivity index (χ4v) is 3.50. The maximum absolute atomic E-state index is 12.5. The van der Waals surface area contributed by atoms with Crippen LogP contribution in [0.25, 0.3) is 10.2 Å². The fourth-order valence-electron chi connectivity index (χ4n) is 2.61. The second kappa shape index (κ2) is 6.40. The largest absolute Gasteiger partial charge is 0.494 e. The number of aryl methyl sites for hydroxylation is 1. The normalized spacial score (nSPS) is 13.8. The zero-order chi connectivity index (χ0) is 17.4. The van der Waals surface area contributed by atoms with Gasteiger partial charge in [-0.2, -0.15) is 0 Å². The number of carbonyl (C=O) groups is 1. The molecule has 1 N–H and O–H groups in total. The Balaban J connectivity index is 1.57. The zero-order valence-corrected chi connectivity index (χ0v) is 14.9. The molecule has 1 saturated carbocycles. The average molecular weight is 354 g/mol. The minimum Gasteiger partial charge on any atom is -0.494 e. The molecule has 0 spiro atoms. The van der Waals surface area contributed by atoms with Crippen LogP contribution < -0.4 is 10.1 Å². The average Bonchev–Trinajstić information content (AvgIpc) is 3.35. The van der Waals surface area contributed by atoms with Crippen LogP contribution in [0.1, 0.15) is 47.7 Å². The number of hydrogen-bond acceptors (Lipinski definition) is 6. The van der Waals surface area contributed by atoms with Gasteiger partial charge < -0.3 is 4.74 Å². The Kier molecular flexibility index (Phi) is 4.09. The van der Waals surface area contributed by atoms with Gasteiger partial charge in [-0.05, 0) is 51.0 Å². The molecule has 128 valence electrons. The van der Waals surface area contributed by atoms with Gasteiger partial charge in [0.15, 0.2) is 5.13 Å². The quantitative estimate of drug-likeness (QED) is 0.751. The summed E-state index contributed by atoms with van der Waals surface area (Å²) in [6.07, 6.45) is 2.20. The number of hydrogen-bond donors (Lipinski definition) is 1. The first-order valence-corrected chi connectivity index (χ1v) is 9.14. The highest BCUT2D eigenvalue weighted by molar-refractivity contribution is 7.22. The van der Waals surface area contributed by atoms with Crippen LogP contribution in [-0.4, -0.2) is 27.5 Å². The van der Waals surface area contributed by atoms with Crippen molar-refractivity contribution in [2.45, 2.75) is 32.6 Å². The molecule has 1 aromatic carbocycles. The Bertz CT molecular complexity index is 949. The first-order chi connectivity index (χ1) is 12.1. The third-order valence-electron chi connectivity index (χ3n) is 3.94. The molecule has 3 aromatic rings. The molecular formula is C18H18N4O2S. The van der Waals surface area contributed by atoms with Crippen LogP contribution in [0.4, 0.5) is 5.13 Å². The summed E-state index contributed by atoms with van der Waals surface area (Å²) in [7, 11) is 0. The van der Waals surface area contributed by atoms with E-state index in [0.717, 1.165) is 40.3 Å². The van der Waals surface area contributed by atoms with E-state index >= 15 is 0 Å². The minimum atomic E-state index is -0.253. The molecule has 0 saturated heterocycles. The van der Waals surface area contributed by atoms with Crippen molar-refractivity contribution in [2.75, 3.05) is 11.9 Å². The number of fused-ring (bicyclic) bond motifs is 1. The van der Waals surface area contributed by atoms with Gasteiger partial charge in [0.1, 0.15) is 17.3 Å². The van der Waals surface area contributed by atoms with Crippen LogP contribution in [-0.2, 0) is 0 Å². The molecule has 0 bridgehead atoms. The van der Waals surface area contributed by atoms with Gasteiger partial charge >= 0.3 is 0 Å². The molecule has 0 atom stereocenters. The minimum absolute atomic E-state index is 0.253. The molecule has 7 heteroatoms. The molecule has 1 amide bonds. The molecule has 1 aliphatic rings. The van der Waals surface area contributed by atoms with E-state index in [2.05, 4.69) is 20.3 Å². The number of amides is 1. The number of nitrogens with zero attached hydrogens (tertiary/aromatic N) is 3. The summed E-state index contributed by atoms with van der Waals surface area (Å²) in [5, 5.41) is 3.40. The summed E-state index contributed by atoms with van der Waals surface area (Å²) in [5.41, 5.74) is 2.04. The van der Waals surface area contributed by atoms with Gasteiger partial charge in [-0.3, -0.25) is 10.1 Å². The van der Waals surface area contributed by atoms with Crippen LogP contribution >= 0.6 is 11.3 Å². The van der Waals surface area contributed by atoms with Gasteiger partial charge in [-0.15, -0.1) is 0 Å². The number of thiazole rings is 1. The zero-order valence-electron chi connectivity index (χ0n) is 14.1. The molecule has 0 unspecified atom stereocenters. The van der Waals surface area contributed by atoms with E-state index < -0.39 is 0 Å². The predicted molar refractivity (Wildman–Crippen MR) is 97.5 cm³/mol. The number of rotatable bonds is 5. The first-order valence-electron chi connectivity index (χ1n) is 8.32. The van der Waals surface area contributed by atoms with Crippen molar-refractivity contribution >= 4 is 32.6 Å². The highest BCUT2D eigenvalue weighted by Gasteiger charge is 2.27. The maximum atomic E-state index is 12.5. The highest BCUT2D eigenvalue weighted by atomic mass is 32.1. The summed E-state index contributed by atoms with van der Waals surface area (Å²) in [5.74, 6) is 1.73. The summed E-state index contributed by atoms with van der Waals surface area (Å²) >= 11 is 1.42. The molecular weight excluding hydrogens is 336 g/mol.